The number of likely N-dealkylation sites (N-methyl/N-ethyl adjacent to an activating group) is 1. The number of aliphatic hydroxyl groups is 1. The molecule has 1 unspecified atom stereocenters. The highest BCUT2D eigenvalue weighted by Crippen LogP contribution is 2.18. The lowest BCUT2D eigenvalue weighted by molar-refractivity contribution is 0.0764. The van der Waals surface area contributed by atoms with Gasteiger partial charge in [-0.2, -0.15) is 0 Å². The van der Waals surface area contributed by atoms with Gasteiger partial charge in [-0.1, -0.05) is 17.7 Å². The second-order valence-corrected chi connectivity index (χ2v) is 6.10. The molecule has 1 atom stereocenters. The Morgan fingerprint density at radius 2 is 1.91 bits per heavy atom. The van der Waals surface area contributed by atoms with E-state index >= 15 is 0 Å². The third-order valence-electron chi connectivity index (χ3n) is 3.82. The molecular formula is C19H26N2O2. The van der Waals surface area contributed by atoms with E-state index in [1.807, 2.05) is 50.6 Å². The lowest BCUT2D eigenvalue weighted by Crippen LogP contribution is -2.34. The molecule has 0 bridgehead atoms. The van der Waals surface area contributed by atoms with Gasteiger partial charge >= 0.3 is 0 Å². The largest absolute Gasteiger partial charge is 0.491 e. The van der Waals surface area contributed by atoms with Gasteiger partial charge in [0.05, 0.1) is 0 Å². The molecule has 0 fully saturated rings. The zero-order chi connectivity index (χ0) is 16.7. The second-order valence-electron chi connectivity index (χ2n) is 6.10. The van der Waals surface area contributed by atoms with Gasteiger partial charge in [-0.3, -0.25) is 4.98 Å². The summed E-state index contributed by atoms with van der Waals surface area (Å²) in [5.41, 5.74) is 3.57. The zero-order valence-corrected chi connectivity index (χ0v) is 14.2. The summed E-state index contributed by atoms with van der Waals surface area (Å²) in [5.74, 6) is 0.842. The molecule has 4 nitrogen and oxygen atoms in total. The van der Waals surface area contributed by atoms with Crippen LogP contribution in [-0.4, -0.2) is 47.8 Å². The van der Waals surface area contributed by atoms with Crippen LogP contribution in [0.25, 0.3) is 0 Å². The minimum Gasteiger partial charge on any atom is -0.491 e. The van der Waals surface area contributed by atoms with Crippen LogP contribution in [0, 0.1) is 13.8 Å². The minimum atomic E-state index is -0.502. The molecule has 1 N–H and O–H groups in total. The van der Waals surface area contributed by atoms with Crippen LogP contribution in [0.1, 0.15) is 16.7 Å². The molecule has 2 aromatic rings. The first-order chi connectivity index (χ1) is 11.0. The monoisotopic (exact) mass is 314 g/mol. The van der Waals surface area contributed by atoms with Gasteiger partial charge < -0.3 is 14.7 Å². The molecule has 124 valence electrons. The molecule has 0 aliphatic rings. The van der Waals surface area contributed by atoms with Crippen molar-refractivity contribution in [3.8, 4) is 5.75 Å². The Morgan fingerprint density at radius 3 is 2.61 bits per heavy atom. The number of hydrogen-bond donors (Lipinski definition) is 1. The summed E-state index contributed by atoms with van der Waals surface area (Å²) >= 11 is 0. The second kappa shape index (κ2) is 8.65. The predicted octanol–water partition coefficient (Wildman–Crippen LogP) is 2.61. The lowest BCUT2D eigenvalue weighted by Gasteiger charge is -2.21. The molecule has 1 aromatic heterocycles. The van der Waals surface area contributed by atoms with E-state index in [9.17, 15) is 5.11 Å². The molecule has 0 aliphatic heterocycles. The minimum absolute atomic E-state index is 0.309. The maximum atomic E-state index is 10.1. The molecule has 0 saturated carbocycles. The first kappa shape index (κ1) is 17.4. The summed E-state index contributed by atoms with van der Waals surface area (Å²) in [4.78, 5) is 6.14. The molecule has 0 aliphatic carbocycles. The quantitative estimate of drug-likeness (QED) is 0.813. The Kier molecular flexibility index (Phi) is 6.56. The number of rotatable bonds is 8. The van der Waals surface area contributed by atoms with Gasteiger partial charge in [0.1, 0.15) is 18.5 Å². The SMILES string of the molecule is Cc1ccc(OCC(O)CN(C)CCc2ccncc2)c(C)c1. The molecule has 1 aromatic carbocycles. The molecule has 0 amide bonds. The number of pyridine rings is 1. The molecule has 0 radical (unpaired) electrons. The molecular weight excluding hydrogens is 288 g/mol. The molecule has 1 heterocycles. The van der Waals surface area contributed by atoms with E-state index in [2.05, 4.69) is 22.9 Å². The van der Waals surface area contributed by atoms with Gasteiger partial charge in [0.25, 0.3) is 0 Å². The first-order valence-electron chi connectivity index (χ1n) is 8.00. The van der Waals surface area contributed by atoms with Crippen LogP contribution in [-0.2, 0) is 6.42 Å². The number of aliphatic hydroxyl groups excluding tert-OH is 1. The molecule has 4 heteroatoms. The van der Waals surface area contributed by atoms with E-state index in [1.54, 1.807) is 0 Å². The average molecular weight is 314 g/mol. The van der Waals surface area contributed by atoms with Crippen LogP contribution >= 0.6 is 0 Å². The van der Waals surface area contributed by atoms with Crippen LogP contribution in [0.5, 0.6) is 5.75 Å². The van der Waals surface area contributed by atoms with E-state index in [0.717, 1.165) is 24.3 Å². The van der Waals surface area contributed by atoms with Gasteiger partial charge in [-0.25, -0.2) is 0 Å². The highest BCUT2D eigenvalue weighted by atomic mass is 16.5. The van der Waals surface area contributed by atoms with Crippen molar-refractivity contribution in [2.24, 2.45) is 0 Å². The summed E-state index contributed by atoms with van der Waals surface area (Å²) < 4.78 is 5.73. The predicted molar refractivity (Wildman–Crippen MR) is 92.9 cm³/mol. The number of hydrogen-bond acceptors (Lipinski definition) is 4. The Morgan fingerprint density at radius 1 is 1.17 bits per heavy atom. The summed E-state index contributed by atoms with van der Waals surface area (Å²) in [5, 5.41) is 10.1. The summed E-state index contributed by atoms with van der Waals surface area (Å²) in [7, 11) is 2.02. The lowest BCUT2D eigenvalue weighted by atomic mass is 10.1. The highest BCUT2D eigenvalue weighted by Gasteiger charge is 2.10. The van der Waals surface area contributed by atoms with Crippen molar-refractivity contribution in [1.82, 2.24) is 9.88 Å². The Hall–Kier alpha value is -1.91. The maximum absolute atomic E-state index is 10.1. The van der Waals surface area contributed by atoms with Crippen molar-refractivity contribution < 1.29 is 9.84 Å². The summed E-state index contributed by atoms with van der Waals surface area (Å²) in [6.07, 6.45) is 4.06. The molecule has 2 rings (SSSR count). The topological polar surface area (TPSA) is 45.6 Å². The Labute approximate surface area is 138 Å². The summed E-state index contributed by atoms with van der Waals surface area (Å²) in [6.45, 7) is 5.88. The Bertz CT molecular complexity index is 602. The van der Waals surface area contributed by atoms with E-state index < -0.39 is 6.10 Å². The number of nitrogens with zero attached hydrogens (tertiary/aromatic N) is 2. The standard InChI is InChI=1S/C19H26N2O2/c1-15-4-5-19(16(2)12-15)23-14-18(22)13-21(3)11-8-17-6-9-20-10-7-17/h4-7,9-10,12,18,22H,8,11,13-14H2,1-3H3. The Balaban J connectivity index is 1.72. The number of aromatic nitrogens is 1. The van der Waals surface area contributed by atoms with E-state index in [0.29, 0.717) is 13.2 Å². The van der Waals surface area contributed by atoms with Crippen LogP contribution in [0.4, 0.5) is 0 Å². The van der Waals surface area contributed by atoms with Crippen molar-refractivity contribution in [2.45, 2.75) is 26.4 Å². The third kappa shape index (κ3) is 6.00. The zero-order valence-electron chi connectivity index (χ0n) is 14.2. The number of ether oxygens (including phenoxy) is 1. The van der Waals surface area contributed by atoms with E-state index in [1.165, 1.54) is 11.1 Å². The fourth-order valence-electron chi connectivity index (χ4n) is 2.52. The van der Waals surface area contributed by atoms with E-state index in [4.69, 9.17) is 4.74 Å². The first-order valence-corrected chi connectivity index (χ1v) is 8.00. The molecule has 0 saturated heterocycles. The van der Waals surface area contributed by atoms with Gasteiger partial charge in [0.2, 0.25) is 0 Å². The molecule has 0 spiro atoms. The van der Waals surface area contributed by atoms with E-state index in [-0.39, 0.29) is 0 Å². The van der Waals surface area contributed by atoms with Crippen LogP contribution in [0.2, 0.25) is 0 Å². The smallest absolute Gasteiger partial charge is 0.122 e. The average Bonchev–Trinajstić information content (AvgIpc) is 2.53. The fraction of sp³-hybridized carbons (Fsp3) is 0.421. The van der Waals surface area contributed by atoms with Gasteiger partial charge in [0, 0.05) is 25.5 Å². The van der Waals surface area contributed by atoms with Gasteiger partial charge in [-0.15, -0.1) is 0 Å². The van der Waals surface area contributed by atoms with Crippen LogP contribution in [0.15, 0.2) is 42.7 Å². The fourth-order valence-corrected chi connectivity index (χ4v) is 2.52. The number of aryl methyl sites for hydroxylation is 2. The van der Waals surface area contributed by atoms with Crippen LogP contribution < -0.4 is 4.74 Å². The van der Waals surface area contributed by atoms with Gasteiger partial charge in [-0.05, 0) is 56.6 Å². The molecule has 23 heavy (non-hydrogen) atoms. The maximum Gasteiger partial charge on any atom is 0.122 e. The van der Waals surface area contributed by atoms with Crippen molar-refractivity contribution in [3.05, 3.63) is 59.4 Å². The summed E-state index contributed by atoms with van der Waals surface area (Å²) in [6, 6.07) is 10.1. The van der Waals surface area contributed by atoms with Gasteiger partial charge in [0.15, 0.2) is 0 Å². The van der Waals surface area contributed by atoms with Crippen molar-refractivity contribution in [1.29, 1.82) is 0 Å². The van der Waals surface area contributed by atoms with Crippen molar-refractivity contribution in [2.75, 3.05) is 26.7 Å². The highest BCUT2D eigenvalue weighted by molar-refractivity contribution is 5.35. The van der Waals surface area contributed by atoms with Crippen molar-refractivity contribution >= 4 is 0 Å². The van der Waals surface area contributed by atoms with Crippen molar-refractivity contribution in [3.63, 3.8) is 0 Å². The van der Waals surface area contributed by atoms with Crippen LogP contribution in [0.3, 0.4) is 0 Å². The normalized spacial score (nSPS) is 12.4. The third-order valence-corrected chi connectivity index (χ3v) is 3.82. The number of benzene rings is 1.